The van der Waals surface area contributed by atoms with Gasteiger partial charge < -0.3 is 9.67 Å². The van der Waals surface area contributed by atoms with Crippen LogP contribution in [-0.2, 0) is 4.79 Å². The van der Waals surface area contributed by atoms with E-state index < -0.39 is 11.9 Å². The Labute approximate surface area is 98.1 Å². The standard InChI is InChI=1S/C12H13N3O2/c1-7(12(16)17)11-14-9-6-13-5-4-10(9)15(11)8-2-3-8/h4-8H,2-3H2,1H3,(H,16,17). The van der Waals surface area contributed by atoms with Crippen molar-refractivity contribution < 1.29 is 9.90 Å². The highest BCUT2D eigenvalue weighted by atomic mass is 16.4. The van der Waals surface area contributed by atoms with Crippen LogP contribution in [0.5, 0.6) is 0 Å². The maximum atomic E-state index is 11.1. The molecule has 0 aromatic carbocycles. The number of hydrogen-bond acceptors (Lipinski definition) is 3. The van der Waals surface area contributed by atoms with Crippen LogP contribution in [0, 0.1) is 0 Å². The zero-order chi connectivity index (χ0) is 12.0. The van der Waals surface area contributed by atoms with E-state index in [2.05, 4.69) is 14.5 Å². The van der Waals surface area contributed by atoms with Gasteiger partial charge in [0.05, 0.1) is 11.7 Å². The molecule has 2 aromatic rings. The molecule has 1 saturated carbocycles. The molecular formula is C12H13N3O2. The second kappa shape index (κ2) is 3.55. The maximum Gasteiger partial charge on any atom is 0.313 e. The van der Waals surface area contributed by atoms with Gasteiger partial charge >= 0.3 is 5.97 Å². The molecule has 1 atom stereocenters. The molecule has 88 valence electrons. The summed E-state index contributed by atoms with van der Waals surface area (Å²) in [5, 5.41) is 9.12. The summed E-state index contributed by atoms with van der Waals surface area (Å²) >= 11 is 0. The van der Waals surface area contributed by atoms with Gasteiger partial charge in [0, 0.05) is 12.2 Å². The third-order valence-electron chi connectivity index (χ3n) is 3.19. The average molecular weight is 231 g/mol. The van der Waals surface area contributed by atoms with Crippen LogP contribution in [0.2, 0.25) is 0 Å². The van der Waals surface area contributed by atoms with E-state index in [1.807, 2.05) is 6.07 Å². The average Bonchev–Trinajstić information content (AvgIpc) is 3.08. The van der Waals surface area contributed by atoms with Gasteiger partial charge in [-0.2, -0.15) is 0 Å². The zero-order valence-electron chi connectivity index (χ0n) is 9.50. The fraction of sp³-hybridized carbons (Fsp3) is 0.417. The molecule has 0 aliphatic heterocycles. The van der Waals surface area contributed by atoms with Crippen molar-refractivity contribution in [3.05, 3.63) is 24.3 Å². The summed E-state index contributed by atoms with van der Waals surface area (Å²) in [6.45, 7) is 1.68. The lowest BCUT2D eigenvalue weighted by atomic mass is 10.2. The van der Waals surface area contributed by atoms with Gasteiger partial charge in [-0.3, -0.25) is 9.78 Å². The number of imidazole rings is 1. The molecule has 0 radical (unpaired) electrons. The van der Waals surface area contributed by atoms with Crippen LogP contribution in [0.4, 0.5) is 0 Å². The van der Waals surface area contributed by atoms with Crippen molar-refractivity contribution >= 4 is 17.0 Å². The molecule has 2 heterocycles. The van der Waals surface area contributed by atoms with Gasteiger partial charge in [0.2, 0.25) is 0 Å². The molecular weight excluding hydrogens is 218 g/mol. The number of rotatable bonds is 3. The Morgan fingerprint density at radius 2 is 2.35 bits per heavy atom. The Morgan fingerprint density at radius 3 is 3.00 bits per heavy atom. The third kappa shape index (κ3) is 1.58. The van der Waals surface area contributed by atoms with Crippen molar-refractivity contribution in [1.29, 1.82) is 0 Å². The predicted octanol–water partition coefficient (Wildman–Crippen LogP) is 1.95. The van der Waals surface area contributed by atoms with E-state index in [0.717, 1.165) is 23.9 Å². The van der Waals surface area contributed by atoms with E-state index >= 15 is 0 Å². The van der Waals surface area contributed by atoms with Gasteiger partial charge in [0.15, 0.2) is 0 Å². The first kappa shape index (κ1) is 10.3. The lowest BCUT2D eigenvalue weighted by Gasteiger charge is -2.10. The van der Waals surface area contributed by atoms with Crippen molar-refractivity contribution in [3.8, 4) is 0 Å². The van der Waals surface area contributed by atoms with Gasteiger partial charge in [0.1, 0.15) is 17.3 Å². The predicted molar refractivity (Wildman–Crippen MR) is 61.8 cm³/mol. The summed E-state index contributed by atoms with van der Waals surface area (Å²) < 4.78 is 2.07. The van der Waals surface area contributed by atoms with Crippen LogP contribution in [0.3, 0.4) is 0 Å². The molecule has 1 N–H and O–H groups in total. The molecule has 1 unspecified atom stereocenters. The number of carboxylic acid groups (broad SMARTS) is 1. The van der Waals surface area contributed by atoms with Gasteiger partial charge in [-0.05, 0) is 25.8 Å². The van der Waals surface area contributed by atoms with Crippen LogP contribution in [-0.4, -0.2) is 25.6 Å². The summed E-state index contributed by atoms with van der Waals surface area (Å²) in [4.78, 5) is 19.5. The number of aliphatic carboxylic acids is 1. The highest BCUT2D eigenvalue weighted by Crippen LogP contribution is 2.40. The van der Waals surface area contributed by atoms with E-state index in [1.54, 1.807) is 19.3 Å². The minimum Gasteiger partial charge on any atom is -0.481 e. The first-order chi connectivity index (χ1) is 8.18. The minimum atomic E-state index is -0.838. The number of hydrogen-bond donors (Lipinski definition) is 1. The van der Waals surface area contributed by atoms with Crippen LogP contribution in [0.15, 0.2) is 18.5 Å². The smallest absolute Gasteiger partial charge is 0.313 e. The molecule has 0 spiro atoms. The number of carboxylic acids is 1. The summed E-state index contributed by atoms with van der Waals surface area (Å²) in [5.74, 6) is -0.777. The summed E-state index contributed by atoms with van der Waals surface area (Å²) in [5.41, 5.74) is 1.77. The second-order valence-electron chi connectivity index (χ2n) is 4.50. The molecule has 0 bridgehead atoms. The van der Waals surface area contributed by atoms with Gasteiger partial charge in [-0.1, -0.05) is 0 Å². The fourth-order valence-electron chi connectivity index (χ4n) is 2.10. The third-order valence-corrected chi connectivity index (χ3v) is 3.19. The van der Waals surface area contributed by atoms with E-state index in [0.29, 0.717) is 11.9 Å². The topological polar surface area (TPSA) is 68.0 Å². The first-order valence-corrected chi connectivity index (χ1v) is 5.73. The molecule has 0 saturated heterocycles. The zero-order valence-corrected chi connectivity index (χ0v) is 9.50. The Kier molecular flexibility index (Phi) is 2.14. The van der Waals surface area contributed by atoms with Crippen LogP contribution in [0.1, 0.15) is 37.5 Å². The lowest BCUT2D eigenvalue weighted by Crippen LogP contribution is -2.13. The Morgan fingerprint density at radius 1 is 1.59 bits per heavy atom. The van der Waals surface area contributed by atoms with Gasteiger partial charge in [-0.15, -0.1) is 0 Å². The number of fused-ring (bicyclic) bond motifs is 1. The normalized spacial score (nSPS) is 17.2. The number of nitrogens with zero attached hydrogens (tertiary/aromatic N) is 3. The Hall–Kier alpha value is -1.91. The molecule has 0 amide bonds. The number of pyridine rings is 1. The van der Waals surface area contributed by atoms with E-state index in [9.17, 15) is 4.79 Å². The lowest BCUT2D eigenvalue weighted by molar-refractivity contribution is -0.138. The number of aromatic nitrogens is 3. The van der Waals surface area contributed by atoms with Crippen molar-refractivity contribution in [2.24, 2.45) is 0 Å². The molecule has 1 aliphatic carbocycles. The molecule has 5 nitrogen and oxygen atoms in total. The molecule has 3 rings (SSSR count). The first-order valence-electron chi connectivity index (χ1n) is 5.73. The summed E-state index contributed by atoms with van der Waals surface area (Å²) in [6, 6.07) is 2.32. The van der Waals surface area contributed by atoms with Crippen molar-refractivity contribution in [3.63, 3.8) is 0 Å². The van der Waals surface area contributed by atoms with Crippen molar-refractivity contribution in [1.82, 2.24) is 14.5 Å². The van der Waals surface area contributed by atoms with Crippen molar-refractivity contribution in [2.75, 3.05) is 0 Å². The van der Waals surface area contributed by atoms with E-state index in [4.69, 9.17) is 5.11 Å². The maximum absolute atomic E-state index is 11.1. The fourth-order valence-corrected chi connectivity index (χ4v) is 2.10. The SMILES string of the molecule is CC(C(=O)O)c1nc2cnccc2n1C1CC1. The van der Waals surface area contributed by atoms with Crippen LogP contribution < -0.4 is 0 Å². The molecule has 1 aliphatic rings. The molecule has 5 heteroatoms. The molecule has 1 fully saturated rings. The summed E-state index contributed by atoms with van der Waals surface area (Å²) in [7, 11) is 0. The van der Waals surface area contributed by atoms with Crippen LogP contribution >= 0.6 is 0 Å². The van der Waals surface area contributed by atoms with E-state index in [1.165, 1.54) is 0 Å². The largest absolute Gasteiger partial charge is 0.481 e. The summed E-state index contributed by atoms with van der Waals surface area (Å²) in [6.07, 6.45) is 5.62. The quantitative estimate of drug-likeness (QED) is 0.876. The second-order valence-corrected chi connectivity index (χ2v) is 4.50. The van der Waals surface area contributed by atoms with E-state index in [-0.39, 0.29) is 0 Å². The number of carbonyl (C=O) groups is 1. The monoisotopic (exact) mass is 231 g/mol. The highest BCUT2D eigenvalue weighted by molar-refractivity contribution is 5.79. The van der Waals surface area contributed by atoms with Gasteiger partial charge in [-0.25, -0.2) is 4.98 Å². The molecule has 17 heavy (non-hydrogen) atoms. The molecule has 2 aromatic heterocycles. The minimum absolute atomic E-state index is 0.416. The van der Waals surface area contributed by atoms with Gasteiger partial charge in [0.25, 0.3) is 0 Å². The van der Waals surface area contributed by atoms with Crippen LogP contribution in [0.25, 0.3) is 11.0 Å². The highest BCUT2D eigenvalue weighted by Gasteiger charge is 2.31. The Bertz CT molecular complexity index is 586. The van der Waals surface area contributed by atoms with Crippen molar-refractivity contribution in [2.45, 2.75) is 31.7 Å². The Balaban J connectivity index is 2.22.